The molecule has 6 heteroatoms. The Kier molecular flexibility index (Phi) is 3.50. The molecule has 2 atom stereocenters. The third kappa shape index (κ3) is 2.36. The van der Waals surface area contributed by atoms with Gasteiger partial charge in [-0.2, -0.15) is 0 Å². The second-order valence-electron chi connectivity index (χ2n) is 6.14. The van der Waals surface area contributed by atoms with Crippen molar-refractivity contribution in [3.8, 4) is 11.3 Å². The second kappa shape index (κ2) is 5.52. The number of aromatic amines is 1. The molecule has 1 amide bonds. The van der Waals surface area contributed by atoms with E-state index in [0.717, 1.165) is 48.6 Å². The van der Waals surface area contributed by atoms with Crippen molar-refractivity contribution >= 4 is 17.2 Å². The number of nitrogens with zero attached hydrogens (tertiary/aromatic N) is 2. The Balaban J connectivity index is 1.59. The lowest BCUT2D eigenvalue weighted by Crippen LogP contribution is -2.42. The van der Waals surface area contributed by atoms with E-state index < -0.39 is 0 Å². The number of H-pyrrole nitrogens is 1. The number of carbonyl (C=O) groups is 1. The van der Waals surface area contributed by atoms with Crippen LogP contribution in [0, 0.1) is 6.92 Å². The van der Waals surface area contributed by atoms with Crippen molar-refractivity contribution in [2.75, 3.05) is 13.1 Å². The molecule has 4 rings (SSSR count). The number of hydrogen-bond donors (Lipinski definition) is 2. The van der Waals surface area contributed by atoms with E-state index in [0.29, 0.717) is 17.8 Å². The summed E-state index contributed by atoms with van der Waals surface area (Å²) in [5.41, 5.74) is 2.62. The minimum Gasteiger partial charge on any atom is -0.357 e. The SMILES string of the molecule is Cc1nc(-c2c[nH]c(C(=O)N3C4CCNCC3CC4)c2)cs1. The highest BCUT2D eigenvalue weighted by atomic mass is 32.1. The van der Waals surface area contributed by atoms with Crippen LogP contribution in [-0.4, -0.2) is 45.9 Å². The smallest absolute Gasteiger partial charge is 0.270 e. The molecule has 2 aliphatic heterocycles. The maximum atomic E-state index is 12.9. The van der Waals surface area contributed by atoms with E-state index in [9.17, 15) is 4.79 Å². The van der Waals surface area contributed by atoms with Crippen molar-refractivity contribution in [2.24, 2.45) is 0 Å². The molecule has 2 N–H and O–H groups in total. The van der Waals surface area contributed by atoms with Gasteiger partial charge >= 0.3 is 0 Å². The maximum Gasteiger partial charge on any atom is 0.270 e. The van der Waals surface area contributed by atoms with Gasteiger partial charge in [-0.15, -0.1) is 11.3 Å². The van der Waals surface area contributed by atoms with Crippen LogP contribution in [0.15, 0.2) is 17.6 Å². The number of amides is 1. The minimum absolute atomic E-state index is 0.134. The van der Waals surface area contributed by atoms with E-state index in [1.807, 2.05) is 24.6 Å². The monoisotopic (exact) mass is 316 g/mol. The predicted octanol–water partition coefficient (Wildman–Crippen LogP) is 2.41. The lowest BCUT2D eigenvalue weighted by molar-refractivity contribution is 0.0675. The zero-order chi connectivity index (χ0) is 15.1. The summed E-state index contributed by atoms with van der Waals surface area (Å²) in [5, 5.41) is 6.51. The number of nitrogens with one attached hydrogen (secondary N) is 2. The number of aromatic nitrogens is 2. The molecule has 116 valence electrons. The Hall–Kier alpha value is -1.66. The molecular weight excluding hydrogens is 296 g/mol. The minimum atomic E-state index is 0.134. The summed E-state index contributed by atoms with van der Waals surface area (Å²) < 4.78 is 0. The normalized spacial score (nSPS) is 24.5. The zero-order valence-corrected chi connectivity index (χ0v) is 13.4. The van der Waals surface area contributed by atoms with Crippen LogP contribution in [0.2, 0.25) is 0 Å². The van der Waals surface area contributed by atoms with Crippen LogP contribution in [0.25, 0.3) is 11.3 Å². The van der Waals surface area contributed by atoms with Crippen molar-refractivity contribution in [3.05, 3.63) is 28.3 Å². The van der Waals surface area contributed by atoms with Gasteiger partial charge < -0.3 is 15.2 Å². The Morgan fingerprint density at radius 1 is 1.36 bits per heavy atom. The number of rotatable bonds is 2. The van der Waals surface area contributed by atoms with E-state index >= 15 is 0 Å². The van der Waals surface area contributed by atoms with E-state index in [1.165, 1.54) is 0 Å². The third-order valence-electron chi connectivity index (χ3n) is 4.72. The van der Waals surface area contributed by atoms with Gasteiger partial charge in [0.15, 0.2) is 0 Å². The summed E-state index contributed by atoms with van der Waals surface area (Å²) in [4.78, 5) is 22.7. The summed E-state index contributed by atoms with van der Waals surface area (Å²) >= 11 is 1.63. The molecule has 22 heavy (non-hydrogen) atoms. The summed E-state index contributed by atoms with van der Waals surface area (Å²) in [7, 11) is 0. The highest BCUT2D eigenvalue weighted by Gasteiger charge is 2.38. The Morgan fingerprint density at radius 3 is 3.05 bits per heavy atom. The van der Waals surface area contributed by atoms with Crippen molar-refractivity contribution in [3.63, 3.8) is 0 Å². The van der Waals surface area contributed by atoms with Gasteiger partial charge in [0, 0.05) is 35.8 Å². The van der Waals surface area contributed by atoms with Gasteiger partial charge in [0.1, 0.15) is 5.69 Å². The van der Waals surface area contributed by atoms with Crippen LogP contribution in [0.4, 0.5) is 0 Å². The predicted molar refractivity (Wildman–Crippen MR) is 87.1 cm³/mol. The molecule has 2 aliphatic rings. The second-order valence-corrected chi connectivity index (χ2v) is 7.21. The first-order valence-electron chi connectivity index (χ1n) is 7.86. The fourth-order valence-corrected chi connectivity index (χ4v) is 4.24. The summed E-state index contributed by atoms with van der Waals surface area (Å²) in [6.45, 7) is 3.93. The first kappa shape index (κ1) is 14.0. The first-order chi connectivity index (χ1) is 10.7. The molecule has 2 fully saturated rings. The van der Waals surface area contributed by atoms with Gasteiger partial charge in [0.25, 0.3) is 5.91 Å². The Morgan fingerprint density at radius 2 is 2.23 bits per heavy atom. The van der Waals surface area contributed by atoms with Gasteiger partial charge in [-0.05, 0) is 38.8 Å². The molecule has 0 spiro atoms. The molecule has 0 radical (unpaired) electrons. The molecule has 2 saturated heterocycles. The van der Waals surface area contributed by atoms with Crippen LogP contribution in [0.3, 0.4) is 0 Å². The fraction of sp³-hybridized carbons (Fsp3) is 0.500. The zero-order valence-electron chi connectivity index (χ0n) is 12.6. The van der Waals surface area contributed by atoms with E-state index in [4.69, 9.17) is 0 Å². The molecule has 2 unspecified atom stereocenters. The Bertz CT molecular complexity index is 678. The molecule has 0 aliphatic carbocycles. The van der Waals surface area contributed by atoms with Crippen LogP contribution in [0.1, 0.15) is 34.8 Å². The van der Waals surface area contributed by atoms with Crippen molar-refractivity contribution in [1.29, 1.82) is 0 Å². The fourth-order valence-electron chi connectivity index (χ4n) is 3.61. The van der Waals surface area contributed by atoms with Crippen molar-refractivity contribution in [2.45, 2.75) is 38.3 Å². The summed E-state index contributed by atoms with van der Waals surface area (Å²) in [6, 6.07) is 2.67. The highest BCUT2D eigenvalue weighted by molar-refractivity contribution is 7.09. The molecule has 4 heterocycles. The van der Waals surface area contributed by atoms with Gasteiger partial charge in [-0.1, -0.05) is 0 Å². The van der Waals surface area contributed by atoms with E-state index in [-0.39, 0.29) is 5.91 Å². The number of thiazole rings is 1. The molecule has 2 aromatic heterocycles. The number of carbonyl (C=O) groups excluding carboxylic acids is 1. The van der Waals surface area contributed by atoms with E-state index in [2.05, 4.69) is 20.2 Å². The van der Waals surface area contributed by atoms with Gasteiger partial charge in [0.05, 0.1) is 10.7 Å². The largest absolute Gasteiger partial charge is 0.357 e. The van der Waals surface area contributed by atoms with E-state index in [1.54, 1.807) is 11.3 Å². The molecule has 2 bridgehead atoms. The average molecular weight is 316 g/mol. The average Bonchev–Trinajstić information content (AvgIpc) is 3.16. The lowest BCUT2D eigenvalue weighted by Gasteiger charge is -2.27. The molecule has 5 nitrogen and oxygen atoms in total. The Labute approximate surface area is 133 Å². The molecule has 2 aromatic rings. The lowest BCUT2D eigenvalue weighted by atomic mass is 10.1. The summed E-state index contributed by atoms with van der Waals surface area (Å²) in [6.07, 6.45) is 5.19. The number of fused-ring (bicyclic) bond motifs is 2. The van der Waals surface area contributed by atoms with Gasteiger partial charge in [-0.25, -0.2) is 4.98 Å². The van der Waals surface area contributed by atoms with Gasteiger partial charge in [-0.3, -0.25) is 4.79 Å². The summed E-state index contributed by atoms with van der Waals surface area (Å²) in [5.74, 6) is 0.134. The third-order valence-corrected chi connectivity index (χ3v) is 5.49. The van der Waals surface area contributed by atoms with Crippen LogP contribution >= 0.6 is 11.3 Å². The highest BCUT2D eigenvalue weighted by Crippen LogP contribution is 2.30. The number of hydrogen-bond acceptors (Lipinski definition) is 4. The topological polar surface area (TPSA) is 61.0 Å². The standard InChI is InChI=1S/C16H20N4OS/c1-10-19-15(9-22-10)11-6-14(18-7-11)16(21)20-12-2-3-13(20)8-17-5-4-12/h6-7,9,12-13,17-18H,2-5,8H2,1H3. The number of aryl methyl sites for hydroxylation is 1. The first-order valence-corrected chi connectivity index (χ1v) is 8.74. The molecule has 0 aromatic carbocycles. The molecule has 0 saturated carbocycles. The van der Waals surface area contributed by atoms with Crippen molar-refractivity contribution in [1.82, 2.24) is 20.2 Å². The van der Waals surface area contributed by atoms with Crippen molar-refractivity contribution < 1.29 is 4.79 Å². The molecular formula is C16H20N4OS. The van der Waals surface area contributed by atoms with Crippen LogP contribution in [0.5, 0.6) is 0 Å². The van der Waals surface area contributed by atoms with Crippen LogP contribution in [-0.2, 0) is 0 Å². The maximum absolute atomic E-state index is 12.9. The van der Waals surface area contributed by atoms with Crippen LogP contribution < -0.4 is 5.32 Å². The van der Waals surface area contributed by atoms with Gasteiger partial charge in [0.2, 0.25) is 0 Å². The quantitative estimate of drug-likeness (QED) is 0.894.